The monoisotopic (exact) mass is 1560 g/mol. The zero-order valence-corrected chi connectivity index (χ0v) is 72.5. The Kier molecular flexibility index (Phi) is 60.6. The van der Waals surface area contributed by atoms with Crippen LogP contribution in [0.15, 0.2) is 60.7 Å². The van der Waals surface area contributed by atoms with Gasteiger partial charge in [0, 0.05) is 34.6 Å². The van der Waals surface area contributed by atoms with E-state index in [-0.39, 0.29) is 22.6 Å². The summed E-state index contributed by atoms with van der Waals surface area (Å²) >= 11 is 0. The van der Waals surface area contributed by atoms with Gasteiger partial charge in [0.05, 0.1) is 50.8 Å². The summed E-state index contributed by atoms with van der Waals surface area (Å²) in [6.07, 6.45) is 72.4. The van der Waals surface area contributed by atoms with E-state index in [1.54, 1.807) is 60.7 Å². The molecule has 0 spiro atoms. The third-order valence-electron chi connectivity index (χ3n) is 21.7. The molecule has 0 aliphatic heterocycles. The van der Waals surface area contributed by atoms with Crippen molar-refractivity contribution in [3.63, 3.8) is 0 Å². The number of anilines is 2. The first kappa shape index (κ1) is 98.2. The minimum atomic E-state index is -0.779. The lowest BCUT2D eigenvalue weighted by Gasteiger charge is -2.19. The third-order valence-corrected chi connectivity index (χ3v) is 21.7. The lowest BCUT2D eigenvalue weighted by atomic mass is 10.0. The van der Waals surface area contributed by atoms with Crippen LogP contribution < -0.4 is 49.7 Å². The first-order chi connectivity index (χ1) is 55.2. The van der Waals surface area contributed by atoms with E-state index in [0.29, 0.717) is 96.6 Å². The van der Waals surface area contributed by atoms with Crippen molar-refractivity contribution in [3.8, 4) is 57.1 Å². The topological polar surface area (TPSA) is 178 Å². The van der Waals surface area contributed by atoms with Crippen molar-refractivity contribution >= 4 is 23.3 Å². The van der Waals surface area contributed by atoms with Gasteiger partial charge in [-0.05, 0) is 87.1 Å². The fraction of sp³-hybridized carbons (Fsp3) is 0.735. The van der Waals surface area contributed by atoms with E-state index in [1.807, 2.05) is 0 Å². The minimum Gasteiger partial charge on any atom is -0.490 e. The average molecular weight is 1560 g/mol. The highest BCUT2D eigenvalue weighted by molar-refractivity contribution is 5.92. The van der Waals surface area contributed by atoms with E-state index in [1.165, 1.54) is 283 Å². The highest BCUT2D eigenvalue weighted by Gasteiger charge is 2.25. The van der Waals surface area contributed by atoms with E-state index >= 15 is 0 Å². The van der Waals surface area contributed by atoms with Gasteiger partial charge in [-0.3, -0.25) is 9.78 Å². The van der Waals surface area contributed by atoms with Crippen molar-refractivity contribution < 1.29 is 57.6 Å². The van der Waals surface area contributed by atoms with E-state index in [2.05, 4.69) is 41.5 Å². The Bertz CT molecular complexity index is 2630. The summed E-state index contributed by atoms with van der Waals surface area (Å²) in [4.78, 5) is 53.0. The number of nitrogens with two attached hydrogens (primary N) is 2. The van der Waals surface area contributed by atoms with Crippen LogP contribution in [0.3, 0.4) is 0 Å². The van der Waals surface area contributed by atoms with Gasteiger partial charge in [-0.2, -0.15) is 0 Å². The van der Waals surface area contributed by atoms with Crippen molar-refractivity contribution in [3.05, 3.63) is 71.8 Å². The summed E-state index contributed by atoms with van der Waals surface area (Å²) in [6.45, 7) is 16.4. The first-order valence-corrected chi connectivity index (χ1v) is 46.9. The molecule has 4 aromatic rings. The smallest absolute Gasteiger partial charge is 0.386 e. The molecule has 0 heterocycles. The largest absolute Gasteiger partial charge is 0.490 e. The Labute approximate surface area is 684 Å². The number of benzene rings is 4. The third kappa shape index (κ3) is 47.6. The number of nitrogen functional groups attached to an aromatic ring is 2. The van der Waals surface area contributed by atoms with Crippen LogP contribution in [0.4, 0.5) is 11.4 Å². The minimum absolute atomic E-state index is 0.0994. The molecular weight excluding hydrogens is 1400 g/mol. The number of ether oxygens (including phenoxy) is 6. The van der Waals surface area contributed by atoms with Gasteiger partial charge in [0.2, 0.25) is 11.5 Å². The van der Waals surface area contributed by atoms with Crippen LogP contribution in [0.1, 0.15) is 448 Å². The fourth-order valence-electron chi connectivity index (χ4n) is 14.6. The van der Waals surface area contributed by atoms with Crippen molar-refractivity contribution in [1.82, 2.24) is 0 Å². The molecule has 112 heavy (non-hydrogen) atoms. The molecule has 0 unspecified atom stereocenters. The molecule has 0 amide bonds. The second-order valence-corrected chi connectivity index (χ2v) is 32.2. The van der Waals surface area contributed by atoms with Crippen molar-refractivity contribution in [2.75, 3.05) is 51.1 Å². The van der Waals surface area contributed by atoms with Gasteiger partial charge in [-0.25, -0.2) is 19.4 Å². The van der Waals surface area contributed by atoms with Crippen LogP contribution >= 0.6 is 0 Å². The molecule has 0 saturated carbocycles. The van der Waals surface area contributed by atoms with E-state index in [9.17, 15) is 9.59 Å². The lowest BCUT2D eigenvalue weighted by Crippen LogP contribution is -2.13. The molecule has 0 saturated heterocycles. The Morgan fingerprint density at radius 2 is 0.402 bits per heavy atom. The normalized spacial score (nSPS) is 11.3. The van der Waals surface area contributed by atoms with Crippen LogP contribution in [-0.4, -0.2) is 51.6 Å². The van der Waals surface area contributed by atoms with Gasteiger partial charge in [0.15, 0.2) is 34.5 Å². The Hall–Kier alpha value is -6.18. The summed E-state index contributed by atoms with van der Waals surface area (Å²) in [6, 6.07) is 16.7. The Morgan fingerprint density at radius 3 is 0.598 bits per heavy atom. The number of rotatable bonds is 79. The number of carbonyl (C=O) groups is 2. The molecule has 4 aromatic carbocycles. The molecule has 14 nitrogen and oxygen atoms in total. The standard InChI is InChI=1S/C98H164N2O12/c1-7-13-19-25-31-37-43-49-55-61-71-103-91-77-83(78-92(104-72-62-56-50-44-38-32-26-20-14-8-2)95(91)107-75-65-59-53-47-41-35-29-23-17-11-5)97(101)111-109-89-81-85(99)67-69-87(89)88-70-68-86(100)82-90(88)110-112-98(102)84-79-93(105-73-63-57-51-45-39-33-27-21-15-9-3)96(108-76-66-60-54-48-42-36-30-24-18-12-6)94(80-84)106-74-64-58-52-46-40-34-28-22-16-10-4/h67-70,77-82H,7-66,71-76,99-100H2,1-6H3. The van der Waals surface area contributed by atoms with Crippen LogP contribution in [0.25, 0.3) is 11.1 Å². The van der Waals surface area contributed by atoms with Gasteiger partial charge < -0.3 is 39.9 Å². The van der Waals surface area contributed by atoms with E-state index in [0.717, 1.165) is 103 Å². The molecular formula is C98H164N2O12. The van der Waals surface area contributed by atoms with Gasteiger partial charge in [0.25, 0.3) is 0 Å². The summed E-state index contributed by atoms with van der Waals surface area (Å²) in [5, 5.41) is 0. The summed E-state index contributed by atoms with van der Waals surface area (Å²) in [5.41, 5.74) is 14.8. The van der Waals surface area contributed by atoms with Crippen molar-refractivity contribution in [2.45, 2.75) is 427 Å². The molecule has 4 rings (SSSR count). The highest BCUT2D eigenvalue weighted by Crippen LogP contribution is 2.44. The van der Waals surface area contributed by atoms with E-state index < -0.39 is 11.9 Å². The molecule has 0 radical (unpaired) electrons. The molecule has 0 bridgehead atoms. The SMILES string of the molecule is CCCCCCCCCCCCOc1cc(C(=O)OOc2cc(N)ccc2-c2ccc(N)cc2OOC(=O)c2cc(OCCCCCCCCCCCC)c(OCCCCCCCCCCCC)c(OCCCCCCCCCCCC)c2)cc(OCCCCCCCCCCCC)c1OCCCCCCCCCCCC. The molecule has 0 aliphatic carbocycles. The zero-order valence-electron chi connectivity index (χ0n) is 72.5. The maximum atomic E-state index is 14.6. The number of hydrogen-bond donors (Lipinski definition) is 2. The quantitative estimate of drug-likeness (QED) is 0.0185. The predicted molar refractivity (Wildman–Crippen MR) is 470 cm³/mol. The first-order valence-electron chi connectivity index (χ1n) is 46.9. The van der Waals surface area contributed by atoms with Gasteiger partial charge >= 0.3 is 11.9 Å². The van der Waals surface area contributed by atoms with Crippen molar-refractivity contribution in [2.24, 2.45) is 0 Å². The zero-order chi connectivity index (χ0) is 80.0. The highest BCUT2D eigenvalue weighted by atomic mass is 17.2. The molecule has 638 valence electrons. The summed E-state index contributed by atoms with van der Waals surface area (Å²) < 4.78 is 39.9. The molecule has 0 aromatic heterocycles. The van der Waals surface area contributed by atoms with Gasteiger partial charge in [-0.1, -0.05) is 388 Å². The summed E-state index contributed by atoms with van der Waals surface area (Å²) in [7, 11) is 0. The Balaban J connectivity index is 1.62. The second-order valence-electron chi connectivity index (χ2n) is 32.2. The maximum Gasteiger partial charge on any atom is 0.386 e. The number of carbonyl (C=O) groups excluding carboxylic acids is 2. The van der Waals surface area contributed by atoms with Crippen molar-refractivity contribution in [1.29, 1.82) is 0 Å². The average Bonchev–Trinajstić information content (AvgIpc) is 0.810. The molecule has 14 heteroatoms. The van der Waals surface area contributed by atoms with Crippen LogP contribution in [0, 0.1) is 0 Å². The fourth-order valence-corrected chi connectivity index (χ4v) is 14.6. The Morgan fingerprint density at radius 1 is 0.223 bits per heavy atom. The van der Waals surface area contributed by atoms with E-state index in [4.69, 9.17) is 59.4 Å². The number of unbranched alkanes of at least 4 members (excludes halogenated alkanes) is 54. The molecule has 4 N–H and O–H groups in total. The van der Waals surface area contributed by atoms with Crippen LogP contribution in [0.5, 0.6) is 46.0 Å². The molecule has 0 fully saturated rings. The lowest BCUT2D eigenvalue weighted by molar-refractivity contribution is -0.150. The predicted octanol–water partition coefficient (Wildman–Crippen LogP) is 30.6. The molecule has 0 aliphatic rings. The van der Waals surface area contributed by atoms with Gasteiger partial charge in [-0.15, -0.1) is 0 Å². The number of hydrogen-bond acceptors (Lipinski definition) is 14. The maximum absolute atomic E-state index is 14.6. The molecule has 0 atom stereocenters. The van der Waals surface area contributed by atoms with Gasteiger partial charge in [0.1, 0.15) is 0 Å². The van der Waals surface area contributed by atoms with Crippen LogP contribution in [-0.2, 0) is 9.78 Å². The van der Waals surface area contributed by atoms with Crippen LogP contribution in [0.2, 0.25) is 0 Å². The summed E-state index contributed by atoms with van der Waals surface area (Å²) in [5.74, 6) is 1.39. The second kappa shape index (κ2) is 69.2.